The van der Waals surface area contributed by atoms with Crippen LogP contribution in [0.25, 0.3) is 11.0 Å². The minimum absolute atomic E-state index is 0.168. The number of ether oxygens (including phenoxy) is 2. The van der Waals surface area contributed by atoms with Gasteiger partial charge in [-0.2, -0.15) is 0 Å². The van der Waals surface area contributed by atoms with Crippen LogP contribution in [0.5, 0.6) is 5.75 Å². The fraction of sp³-hybridized carbons (Fsp3) is 0.571. The number of fused-ring (bicyclic) bond motifs is 1. The quantitative estimate of drug-likeness (QED) is 0.511. The van der Waals surface area contributed by atoms with E-state index in [9.17, 15) is 4.79 Å². The Labute approximate surface area is 156 Å². The number of nitrogens with one attached hydrogen (secondary N) is 1. The molecular formula is C21H31NO4. The highest BCUT2D eigenvalue weighted by Gasteiger charge is 2.21. The van der Waals surface area contributed by atoms with Crippen LogP contribution in [-0.4, -0.2) is 31.3 Å². The number of unbranched alkanes of at least 4 members (excludes halogenated alkanes) is 2. The molecular weight excluding hydrogens is 330 g/mol. The molecule has 5 heteroatoms. The van der Waals surface area contributed by atoms with Crippen molar-refractivity contribution in [2.75, 3.05) is 19.8 Å². The second-order valence-electron chi connectivity index (χ2n) is 7.49. The van der Waals surface area contributed by atoms with Gasteiger partial charge in [0.05, 0.1) is 18.6 Å². The summed E-state index contributed by atoms with van der Waals surface area (Å²) in [6.45, 7) is 12.2. The highest BCUT2D eigenvalue weighted by Crippen LogP contribution is 2.33. The molecule has 0 saturated heterocycles. The lowest BCUT2D eigenvalue weighted by molar-refractivity contribution is 0.0491. The maximum atomic E-state index is 12.0. The molecule has 1 aromatic heterocycles. The molecule has 0 bridgehead atoms. The van der Waals surface area contributed by atoms with Crippen LogP contribution >= 0.6 is 0 Å². The van der Waals surface area contributed by atoms with Crippen LogP contribution in [0.3, 0.4) is 0 Å². The normalized spacial score (nSPS) is 11.7. The van der Waals surface area contributed by atoms with E-state index in [0.717, 1.165) is 42.5 Å². The molecule has 5 nitrogen and oxygen atoms in total. The summed E-state index contributed by atoms with van der Waals surface area (Å²) in [4.78, 5) is 12.0. The summed E-state index contributed by atoms with van der Waals surface area (Å²) in [7, 11) is 0. The van der Waals surface area contributed by atoms with Crippen LogP contribution in [0, 0.1) is 6.92 Å². The Balaban J connectivity index is 1.92. The third kappa shape index (κ3) is 5.49. The number of hydrogen-bond acceptors (Lipinski definition) is 5. The van der Waals surface area contributed by atoms with E-state index in [1.165, 1.54) is 0 Å². The van der Waals surface area contributed by atoms with Crippen LogP contribution in [0.15, 0.2) is 22.6 Å². The first kappa shape index (κ1) is 20.3. The van der Waals surface area contributed by atoms with Crippen LogP contribution in [-0.2, 0) is 4.74 Å². The second-order valence-corrected chi connectivity index (χ2v) is 7.49. The highest BCUT2D eigenvalue weighted by atomic mass is 16.5. The van der Waals surface area contributed by atoms with Gasteiger partial charge in [0.25, 0.3) is 0 Å². The van der Waals surface area contributed by atoms with E-state index < -0.39 is 5.97 Å². The molecule has 0 atom stereocenters. The van der Waals surface area contributed by atoms with E-state index in [4.69, 9.17) is 13.9 Å². The molecule has 144 valence electrons. The molecule has 26 heavy (non-hydrogen) atoms. The third-order valence-corrected chi connectivity index (χ3v) is 4.11. The van der Waals surface area contributed by atoms with Gasteiger partial charge in [-0.05, 0) is 72.6 Å². The van der Waals surface area contributed by atoms with Gasteiger partial charge in [-0.25, -0.2) is 4.79 Å². The molecule has 0 amide bonds. The number of furan rings is 1. The Bertz CT molecular complexity index is 727. The summed E-state index contributed by atoms with van der Waals surface area (Å²) in [5.74, 6) is 0.580. The summed E-state index contributed by atoms with van der Waals surface area (Å²) in [5, 5.41) is 4.34. The zero-order chi connectivity index (χ0) is 19.2. The predicted molar refractivity (Wildman–Crippen MR) is 104 cm³/mol. The third-order valence-electron chi connectivity index (χ3n) is 4.11. The molecule has 0 aliphatic rings. The largest absolute Gasteiger partial charge is 0.493 e. The van der Waals surface area contributed by atoms with Gasteiger partial charge in [-0.15, -0.1) is 0 Å². The number of carbonyl (C=O) groups excluding carboxylic acids is 1. The molecule has 0 radical (unpaired) electrons. The Morgan fingerprint density at radius 2 is 1.96 bits per heavy atom. The van der Waals surface area contributed by atoms with Crippen LogP contribution in [0.1, 0.15) is 63.1 Å². The molecule has 1 aromatic carbocycles. The average Bonchev–Trinajstić information content (AvgIpc) is 2.91. The van der Waals surface area contributed by atoms with E-state index >= 15 is 0 Å². The zero-order valence-electron chi connectivity index (χ0n) is 16.6. The molecule has 0 fully saturated rings. The molecule has 0 saturated carbocycles. The predicted octanol–water partition coefficient (Wildman–Crippen LogP) is 4.86. The zero-order valence-corrected chi connectivity index (χ0v) is 16.6. The van der Waals surface area contributed by atoms with Crippen molar-refractivity contribution in [2.24, 2.45) is 0 Å². The summed E-state index contributed by atoms with van der Waals surface area (Å²) in [6.07, 6.45) is 3.23. The van der Waals surface area contributed by atoms with E-state index in [0.29, 0.717) is 18.8 Å². The second kappa shape index (κ2) is 9.08. The fourth-order valence-electron chi connectivity index (χ4n) is 2.83. The van der Waals surface area contributed by atoms with Crippen molar-refractivity contribution in [2.45, 2.75) is 59.4 Å². The van der Waals surface area contributed by atoms with E-state index in [1.807, 2.05) is 25.1 Å². The van der Waals surface area contributed by atoms with Crippen molar-refractivity contribution < 1.29 is 18.7 Å². The summed E-state index contributed by atoms with van der Waals surface area (Å²) in [5.41, 5.74) is 1.59. The Hall–Kier alpha value is -2.01. The summed E-state index contributed by atoms with van der Waals surface area (Å²) < 4.78 is 16.7. The molecule has 2 rings (SSSR count). The van der Waals surface area contributed by atoms with Crippen molar-refractivity contribution >= 4 is 16.9 Å². The molecule has 0 spiro atoms. The molecule has 0 aliphatic heterocycles. The van der Waals surface area contributed by atoms with E-state index in [1.54, 1.807) is 6.92 Å². The highest BCUT2D eigenvalue weighted by molar-refractivity contribution is 5.98. The first-order valence-corrected chi connectivity index (χ1v) is 9.40. The van der Waals surface area contributed by atoms with Gasteiger partial charge in [0.15, 0.2) is 0 Å². The molecule has 1 heterocycles. The smallest absolute Gasteiger partial charge is 0.374 e. The van der Waals surface area contributed by atoms with Crippen molar-refractivity contribution in [1.29, 1.82) is 0 Å². The number of rotatable bonds is 9. The van der Waals surface area contributed by atoms with Gasteiger partial charge in [-0.1, -0.05) is 6.07 Å². The monoisotopic (exact) mass is 361 g/mol. The Kier molecular flexibility index (Phi) is 7.09. The topological polar surface area (TPSA) is 60.7 Å². The molecule has 2 aromatic rings. The van der Waals surface area contributed by atoms with Crippen LogP contribution < -0.4 is 10.1 Å². The maximum Gasteiger partial charge on any atom is 0.374 e. The average molecular weight is 361 g/mol. The molecule has 0 aliphatic carbocycles. The van der Waals surface area contributed by atoms with Crippen LogP contribution in [0.4, 0.5) is 0 Å². The first-order chi connectivity index (χ1) is 12.3. The minimum atomic E-state index is -0.432. The molecule has 0 unspecified atom stereocenters. The number of benzene rings is 1. The van der Waals surface area contributed by atoms with E-state index in [-0.39, 0.29) is 11.3 Å². The lowest BCUT2D eigenvalue weighted by Gasteiger charge is -2.20. The Morgan fingerprint density at radius 3 is 2.65 bits per heavy atom. The Morgan fingerprint density at radius 1 is 1.19 bits per heavy atom. The van der Waals surface area contributed by atoms with Gasteiger partial charge in [0.1, 0.15) is 11.3 Å². The van der Waals surface area contributed by atoms with Gasteiger partial charge in [0.2, 0.25) is 5.76 Å². The first-order valence-electron chi connectivity index (χ1n) is 9.40. The summed E-state index contributed by atoms with van der Waals surface area (Å²) in [6, 6.07) is 5.64. The SMILES string of the molecule is CCOC(=O)c1oc2cccc(OCCCCCNC(C)(C)C)c2c1C. The molecule has 1 N–H and O–H groups in total. The van der Waals surface area contributed by atoms with Crippen molar-refractivity contribution in [1.82, 2.24) is 5.32 Å². The lowest BCUT2D eigenvalue weighted by Crippen LogP contribution is -2.36. The van der Waals surface area contributed by atoms with Crippen molar-refractivity contribution in [3.05, 3.63) is 29.5 Å². The van der Waals surface area contributed by atoms with Crippen molar-refractivity contribution in [3.63, 3.8) is 0 Å². The maximum absolute atomic E-state index is 12.0. The van der Waals surface area contributed by atoms with Crippen molar-refractivity contribution in [3.8, 4) is 5.75 Å². The number of carbonyl (C=O) groups is 1. The number of aryl methyl sites for hydroxylation is 1. The number of hydrogen-bond donors (Lipinski definition) is 1. The minimum Gasteiger partial charge on any atom is -0.493 e. The fourth-order valence-corrected chi connectivity index (χ4v) is 2.83. The lowest BCUT2D eigenvalue weighted by atomic mass is 10.1. The van der Waals surface area contributed by atoms with Crippen LogP contribution in [0.2, 0.25) is 0 Å². The number of esters is 1. The summed E-state index contributed by atoms with van der Waals surface area (Å²) >= 11 is 0. The standard InChI is InChI=1S/C21H31NO4/c1-6-24-20(23)19-15(2)18-16(11-10-12-17(18)26-19)25-14-9-7-8-13-22-21(3,4)5/h10-12,22H,6-9,13-14H2,1-5H3. The van der Waals surface area contributed by atoms with Gasteiger partial charge in [0, 0.05) is 11.1 Å². The van der Waals surface area contributed by atoms with Gasteiger partial charge >= 0.3 is 5.97 Å². The van der Waals surface area contributed by atoms with Gasteiger partial charge < -0.3 is 19.2 Å². The van der Waals surface area contributed by atoms with E-state index in [2.05, 4.69) is 26.1 Å². The van der Waals surface area contributed by atoms with Gasteiger partial charge in [-0.3, -0.25) is 0 Å².